The Labute approximate surface area is 229 Å². The largest absolute Gasteiger partial charge is 0.506 e. The average Bonchev–Trinajstić information content (AvgIpc) is 3.51. The second-order valence-corrected chi connectivity index (χ2v) is 11.0. The molecule has 0 fully saturated rings. The van der Waals surface area contributed by atoms with Gasteiger partial charge in [0.05, 0.1) is 34.4 Å². The van der Waals surface area contributed by atoms with E-state index >= 15 is 0 Å². The molecule has 0 amide bonds. The zero-order valence-electron chi connectivity index (χ0n) is 21.9. The van der Waals surface area contributed by atoms with E-state index in [1.807, 2.05) is 23.6 Å². The number of carbonyl (C=O) groups is 2. The highest BCUT2D eigenvalue weighted by atomic mass is 35.5. The second kappa shape index (κ2) is 9.24. The van der Waals surface area contributed by atoms with E-state index in [-0.39, 0.29) is 16.9 Å². The minimum absolute atomic E-state index is 0.0208. The number of fused-ring (bicyclic) bond motifs is 4. The number of methoxy groups -OCH3 is 1. The molecule has 9 heteroatoms. The van der Waals surface area contributed by atoms with Crippen LogP contribution in [-0.4, -0.2) is 43.1 Å². The van der Waals surface area contributed by atoms with Crippen LogP contribution in [-0.2, 0) is 17.6 Å². The van der Waals surface area contributed by atoms with Crippen LogP contribution in [0, 0.1) is 12.3 Å². The highest BCUT2D eigenvalue weighted by Crippen LogP contribution is 2.42. The van der Waals surface area contributed by atoms with Gasteiger partial charge >= 0.3 is 5.97 Å². The highest BCUT2D eigenvalue weighted by molar-refractivity contribution is 6.34. The third-order valence-electron chi connectivity index (χ3n) is 7.78. The maximum absolute atomic E-state index is 13.5. The van der Waals surface area contributed by atoms with Gasteiger partial charge in [-0.2, -0.15) is 5.10 Å². The van der Waals surface area contributed by atoms with Gasteiger partial charge in [-0.05, 0) is 80.1 Å². The van der Waals surface area contributed by atoms with Crippen molar-refractivity contribution in [3.63, 3.8) is 0 Å². The van der Waals surface area contributed by atoms with Crippen LogP contribution in [0.25, 0.3) is 22.2 Å². The number of ketones is 1. The summed E-state index contributed by atoms with van der Waals surface area (Å²) in [6, 6.07) is 14.1. The molecule has 5 aromatic rings. The summed E-state index contributed by atoms with van der Waals surface area (Å²) < 4.78 is 8.46. The van der Waals surface area contributed by atoms with Gasteiger partial charge in [0.15, 0.2) is 5.78 Å². The topological polar surface area (TPSA) is 98.7 Å². The average molecular weight is 543 g/mol. The van der Waals surface area contributed by atoms with Gasteiger partial charge in [0, 0.05) is 28.9 Å². The molecule has 0 aliphatic heterocycles. The van der Waals surface area contributed by atoms with Crippen molar-refractivity contribution in [1.82, 2.24) is 19.2 Å². The van der Waals surface area contributed by atoms with Gasteiger partial charge in [-0.3, -0.25) is 9.36 Å². The number of esters is 1. The Kier molecular flexibility index (Phi) is 5.95. The number of halogens is 1. The summed E-state index contributed by atoms with van der Waals surface area (Å²) >= 11 is 6.66. The molecular formula is C30H27ClN4O4. The first-order valence-corrected chi connectivity index (χ1v) is 13.1. The van der Waals surface area contributed by atoms with Crippen molar-refractivity contribution in [2.75, 3.05) is 7.11 Å². The van der Waals surface area contributed by atoms with Crippen molar-refractivity contribution >= 4 is 39.9 Å². The first-order chi connectivity index (χ1) is 18.7. The molecule has 1 aliphatic carbocycles. The van der Waals surface area contributed by atoms with Crippen LogP contribution in [0.3, 0.4) is 0 Å². The number of ether oxygens (including phenoxy) is 1. The number of rotatable bonds is 5. The van der Waals surface area contributed by atoms with Crippen LogP contribution in [0.5, 0.6) is 5.75 Å². The molecule has 0 radical (unpaired) electrons. The van der Waals surface area contributed by atoms with Crippen LogP contribution >= 0.6 is 11.6 Å². The number of hydrogen-bond acceptors (Lipinski definition) is 6. The molecule has 198 valence electrons. The lowest BCUT2D eigenvalue weighted by Crippen LogP contribution is -2.28. The lowest BCUT2D eigenvalue weighted by molar-refractivity contribution is 0.0600. The Morgan fingerprint density at radius 1 is 1.15 bits per heavy atom. The number of aryl methyl sites for hydroxylation is 2. The maximum atomic E-state index is 13.5. The molecule has 3 aromatic heterocycles. The van der Waals surface area contributed by atoms with Crippen molar-refractivity contribution in [1.29, 1.82) is 0 Å². The number of aromatic nitrogens is 4. The van der Waals surface area contributed by atoms with Crippen molar-refractivity contribution < 1.29 is 19.4 Å². The van der Waals surface area contributed by atoms with Gasteiger partial charge in [0.1, 0.15) is 17.6 Å². The molecule has 0 saturated carbocycles. The lowest BCUT2D eigenvalue weighted by Gasteiger charge is -2.32. The smallest absolute Gasteiger partial charge is 0.337 e. The van der Waals surface area contributed by atoms with E-state index < -0.39 is 5.97 Å². The number of imidazole rings is 1. The van der Waals surface area contributed by atoms with E-state index in [1.54, 1.807) is 47.2 Å². The summed E-state index contributed by atoms with van der Waals surface area (Å²) in [5, 5.41) is 15.6. The third-order valence-corrected chi connectivity index (χ3v) is 8.09. The predicted molar refractivity (Wildman–Crippen MR) is 148 cm³/mol. The number of Topliss-reactive ketones (excluding diaryl/α,β-unsaturated/α-hetero) is 1. The third kappa shape index (κ3) is 4.25. The van der Waals surface area contributed by atoms with Gasteiger partial charge in [-0.25, -0.2) is 14.3 Å². The molecule has 8 nitrogen and oxygen atoms in total. The molecule has 3 heterocycles. The van der Waals surface area contributed by atoms with Crippen LogP contribution in [0.2, 0.25) is 5.02 Å². The van der Waals surface area contributed by atoms with E-state index in [0.29, 0.717) is 34.5 Å². The van der Waals surface area contributed by atoms with Crippen molar-refractivity contribution in [3.05, 3.63) is 88.0 Å². The first-order valence-electron chi connectivity index (χ1n) is 12.7. The molecule has 1 atom stereocenters. The number of benzene rings is 2. The van der Waals surface area contributed by atoms with E-state index in [9.17, 15) is 14.7 Å². The van der Waals surface area contributed by atoms with Gasteiger partial charge in [-0.15, -0.1) is 0 Å². The standard InChI is InChI=1S/C30H27ClN4O4/c1-17-4-9-26(36)28-21-14-30(2,11-10-23(21)33-35(17)28)15-27(37)20-7-6-19(13-22(20)31)34-16-32-24-12-18(29(38)39-3)5-8-25(24)34/h4-9,12-13,16,36H,10-11,14-15H2,1-3H3/t30-/m1/s1. The Morgan fingerprint density at radius 3 is 2.74 bits per heavy atom. The van der Waals surface area contributed by atoms with Crippen LogP contribution in [0.4, 0.5) is 0 Å². The normalized spacial score (nSPS) is 16.9. The zero-order valence-corrected chi connectivity index (χ0v) is 22.6. The minimum Gasteiger partial charge on any atom is -0.506 e. The summed E-state index contributed by atoms with van der Waals surface area (Å²) in [6.45, 7) is 4.08. The molecule has 0 unspecified atom stereocenters. The fraction of sp³-hybridized carbons (Fsp3) is 0.267. The number of carbonyl (C=O) groups excluding carboxylic acids is 2. The van der Waals surface area contributed by atoms with Crippen LogP contribution in [0.15, 0.2) is 54.9 Å². The number of aromatic hydroxyl groups is 1. The predicted octanol–water partition coefficient (Wildman–Crippen LogP) is 5.90. The summed E-state index contributed by atoms with van der Waals surface area (Å²) in [5.41, 5.74) is 6.51. The molecule has 2 aromatic carbocycles. The van der Waals surface area contributed by atoms with E-state index in [1.165, 1.54) is 7.11 Å². The van der Waals surface area contributed by atoms with Crippen molar-refractivity contribution in [2.45, 2.75) is 39.5 Å². The van der Waals surface area contributed by atoms with E-state index in [4.69, 9.17) is 21.4 Å². The van der Waals surface area contributed by atoms with Gasteiger partial charge < -0.3 is 9.84 Å². The Morgan fingerprint density at radius 2 is 1.97 bits per heavy atom. The Balaban J connectivity index is 1.25. The molecule has 1 N–H and O–H groups in total. The molecular weight excluding hydrogens is 516 g/mol. The molecule has 1 aliphatic rings. The summed E-state index contributed by atoms with van der Waals surface area (Å²) in [5.74, 6) is -0.238. The SMILES string of the molecule is COC(=O)c1ccc2c(c1)ncn2-c1ccc(C(=O)C[C@]2(C)CCc3nn4c(C)ccc(O)c4c3C2)c(Cl)c1. The summed E-state index contributed by atoms with van der Waals surface area (Å²) in [4.78, 5) is 29.8. The Bertz CT molecular complexity index is 1800. The first kappa shape index (κ1) is 25.1. The van der Waals surface area contributed by atoms with Crippen LogP contribution in [0.1, 0.15) is 57.4 Å². The quantitative estimate of drug-likeness (QED) is 0.219. The molecule has 0 bridgehead atoms. The number of pyridine rings is 1. The molecule has 0 saturated heterocycles. The fourth-order valence-electron chi connectivity index (χ4n) is 5.66. The maximum Gasteiger partial charge on any atom is 0.337 e. The number of hydrogen-bond donors (Lipinski definition) is 1. The lowest BCUT2D eigenvalue weighted by atomic mass is 9.71. The second-order valence-electron chi connectivity index (χ2n) is 10.6. The summed E-state index contributed by atoms with van der Waals surface area (Å²) in [7, 11) is 1.34. The van der Waals surface area contributed by atoms with E-state index in [2.05, 4.69) is 11.9 Å². The highest BCUT2D eigenvalue weighted by Gasteiger charge is 2.36. The van der Waals surface area contributed by atoms with Gasteiger partial charge in [0.2, 0.25) is 0 Å². The van der Waals surface area contributed by atoms with E-state index in [0.717, 1.165) is 46.5 Å². The fourth-order valence-corrected chi connectivity index (χ4v) is 5.94. The van der Waals surface area contributed by atoms with Crippen molar-refractivity contribution in [2.24, 2.45) is 5.41 Å². The monoisotopic (exact) mass is 542 g/mol. The zero-order chi connectivity index (χ0) is 27.5. The Hall–Kier alpha value is -4.17. The van der Waals surface area contributed by atoms with Crippen LogP contribution < -0.4 is 0 Å². The minimum atomic E-state index is -0.422. The molecule has 39 heavy (non-hydrogen) atoms. The molecule has 6 rings (SSSR count). The van der Waals surface area contributed by atoms with Gasteiger partial charge in [0.25, 0.3) is 0 Å². The van der Waals surface area contributed by atoms with Crippen molar-refractivity contribution in [3.8, 4) is 11.4 Å². The van der Waals surface area contributed by atoms with Gasteiger partial charge in [-0.1, -0.05) is 18.5 Å². The number of nitrogens with zero attached hydrogens (tertiary/aromatic N) is 4. The molecule has 0 spiro atoms. The summed E-state index contributed by atoms with van der Waals surface area (Å²) in [6.07, 6.45) is 4.21.